The first-order valence-corrected chi connectivity index (χ1v) is 7.21. The average Bonchev–Trinajstić information content (AvgIpc) is 2.66. The summed E-state index contributed by atoms with van der Waals surface area (Å²) in [4.78, 5) is 12.2. The van der Waals surface area contributed by atoms with Crippen molar-refractivity contribution in [2.24, 2.45) is 0 Å². The molecule has 1 aliphatic heterocycles. The highest BCUT2D eigenvalue weighted by Gasteiger charge is 2.48. The molecule has 21 heavy (non-hydrogen) atoms. The van der Waals surface area contributed by atoms with Gasteiger partial charge in [-0.1, -0.05) is 0 Å². The Hall–Kier alpha value is -1.56. The largest absolute Gasteiger partial charge is 0.458 e. The zero-order chi connectivity index (χ0) is 16.0. The van der Waals surface area contributed by atoms with Crippen LogP contribution in [0.5, 0.6) is 0 Å². The van der Waals surface area contributed by atoms with Gasteiger partial charge in [-0.25, -0.2) is 0 Å². The minimum atomic E-state index is -0.479. The van der Waals surface area contributed by atoms with Crippen molar-refractivity contribution in [3.63, 3.8) is 0 Å². The van der Waals surface area contributed by atoms with Gasteiger partial charge in [0.1, 0.15) is 18.2 Å². The number of hydrogen-bond donors (Lipinski definition) is 1. The molecule has 0 radical (unpaired) electrons. The van der Waals surface area contributed by atoms with Gasteiger partial charge in [-0.05, 0) is 41.5 Å². The van der Waals surface area contributed by atoms with Crippen LogP contribution in [-0.2, 0) is 20.8 Å². The molecule has 0 amide bonds. The molecule has 1 aromatic rings. The Kier molecular flexibility index (Phi) is 3.78. The van der Waals surface area contributed by atoms with E-state index < -0.39 is 5.60 Å². The van der Waals surface area contributed by atoms with E-state index in [4.69, 9.17) is 15.2 Å². The number of carbonyl (C=O) groups excluding carboxylic acids is 1. The molecule has 0 bridgehead atoms. The zero-order valence-electron chi connectivity index (χ0n) is 13.7. The third-order valence-corrected chi connectivity index (χ3v) is 3.98. The van der Waals surface area contributed by atoms with Crippen molar-refractivity contribution < 1.29 is 14.3 Å². The number of rotatable bonds is 3. The summed E-state index contributed by atoms with van der Waals surface area (Å²) in [5.74, 6) is -0.319. The quantitative estimate of drug-likeness (QED) is 0.862. The lowest BCUT2D eigenvalue weighted by atomic mass is 9.97. The van der Waals surface area contributed by atoms with Crippen molar-refractivity contribution in [3.8, 4) is 0 Å². The van der Waals surface area contributed by atoms with Gasteiger partial charge in [0.2, 0.25) is 0 Å². The van der Waals surface area contributed by atoms with Crippen LogP contribution < -0.4 is 5.73 Å². The predicted octanol–water partition coefficient (Wildman–Crippen LogP) is 1.97. The number of nitrogens with two attached hydrogens (primary N) is 1. The first kappa shape index (κ1) is 15.8. The van der Waals surface area contributed by atoms with E-state index in [0.29, 0.717) is 12.1 Å². The Morgan fingerprint density at radius 1 is 1.43 bits per heavy atom. The molecule has 0 aliphatic carbocycles. The number of carbonyl (C=O) groups is 1. The van der Waals surface area contributed by atoms with Gasteiger partial charge in [-0.3, -0.25) is 9.48 Å². The highest BCUT2D eigenvalue weighted by Crippen LogP contribution is 2.39. The lowest BCUT2D eigenvalue weighted by Crippen LogP contribution is -2.37. The molecule has 2 heterocycles. The molecular formula is C15H25N3O3. The maximum Gasteiger partial charge on any atom is 0.328 e. The Morgan fingerprint density at radius 3 is 2.48 bits per heavy atom. The van der Waals surface area contributed by atoms with Crippen LogP contribution in [0.3, 0.4) is 0 Å². The molecule has 1 saturated heterocycles. The number of aryl methyl sites for hydroxylation is 1. The van der Waals surface area contributed by atoms with Gasteiger partial charge >= 0.3 is 5.97 Å². The number of ether oxygens (including phenoxy) is 2. The van der Waals surface area contributed by atoms with Crippen molar-refractivity contribution in [3.05, 3.63) is 11.4 Å². The second kappa shape index (κ2) is 5.02. The van der Waals surface area contributed by atoms with Gasteiger partial charge in [-0.15, -0.1) is 0 Å². The molecular weight excluding hydrogens is 270 g/mol. The summed E-state index contributed by atoms with van der Waals surface area (Å²) in [6.07, 6.45) is 0.430. The molecule has 2 rings (SSSR count). The summed E-state index contributed by atoms with van der Waals surface area (Å²) in [5.41, 5.74) is 7.24. The molecule has 0 aromatic carbocycles. The van der Waals surface area contributed by atoms with Crippen LogP contribution in [0.25, 0.3) is 0 Å². The molecule has 0 spiro atoms. The fraction of sp³-hybridized carbons (Fsp3) is 0.733. The highest BCUT2D eigenvalue weighted by atomic mass is 16.6. The van der Waals surface area contributed by atoms with Crippen LogP contribution in [0.15, 0.2) is 0 Å². The van der Waals surface area contributed by atoms with E-state index in [2.05, 4.69) is 5.10 Å². The number of nitrogen functional groups attached to an aromatic ring is 1. The molecule has 1 fully saturated rings. The topological polar surface area (TPSA) is 79.4 Å². The van der Waals surface area contributed by atoms with Crippen molar-refractivity contribution in [2.45, 2.75) is 71.8 Å². The van der Waals surface area contributed by atoms with Crippen LogP contribution in [0.4, 0.5) is 5.69 Å². The van der Waals surface area contributed by atoms with Gasteiger partial charge in [0.25, 0.3) is 0 Å². The van der Waals surface area contributed by atoms with Crippen molar-refractivity contribution in [1.82, 2.24) is 9.78 Å². The zero-order valence-corrected chi connectivity index (χ0v) is 13.7. The van der Waals surface area contributed by atoms with E-state index in [1.54, 1.807) is 4.68 Å². The average molecular weight is 295 g/mol. The maximum absolute atomic E-state index is 12.2. The van der Waals surface area contributed by atoms with Gasteiger partial charge in [0.15, 0.2) is 0 Å². The standard InChI is InChI=1S/C15H25N3O3/c1-9-13(16)10(2)18(17-9)8-12(19)20-11-7-14(3,4)21-15(11,5)6/h11H,7-8,16H2,1-6H3. The number of esters is 1. The van der Waals surface area contributed by atoms with E-state index in [-0.39, 0.29) is 24.2 Å². The third kappa shape index (κ3) is 3.20. The van der Waals surface area contributed by atoms with Gasteiger partial charge in [-0.2, -0.15) is 5.10 Å². The van der Waals surface area contributed by atoms with Crippen LogP contribution in [0.2, 0.25) is 0 Å². The third-order valence-electron chi connectivity index (χ3n) is 3.98. The minimum absolute atomic E-state index is 0.0664. The Morgan fingerprint density at radius 2 is 2.05 bits per heavy atom. The normalized spacial score (nSPS) is 23.2. The van der Waals surface area contributed by atoms with E-state index in [1.165, 1.54) is 0 Å². The van der Waals surface area contributed by atoms with Crippen molar-refractivity contribution in [1.29, 1.82) is 0 Å². The second-order valence-corrected chi connectivity index (χ2v) is 6.89. The summed E-state index contributed by atoms with van der Waals surface area (Å²) in [5, 5.41) is 4.25. The second-order valence-electron chi connectivity index (χ2n) is 6.89. The molecule has 1 aliphatic rings. The lowest BCUT2D eigenvalue weighted by molar-refractivity contribution is -0.159. The molecule has 1 unspecified atom stereocenters. The predicted molar refractivity (Wildman–Crippen MR) is 79.9 cm³/mol. The fourth-order valence-electron chi connectivity index (χ4n) is 2.88. The highest BCUT2D eigenvalue weighted by molar-refractivity contribution is 5.70. The summed E-state index contributed by atoms with van der Waals surface area (Å²) >= 11 is 0. The maximum atomic E-state index is 12.2. The summed E-state index contributed by atoms with van der Waals surface area (Å²) in [7, 11) is 0. The van der Waals surface area contributed by atoms with Gasteiger partial charge < -0.3 is 15.2 Å². The summed E-state index contributed by atoms with van der Waals surface area (Å²) < 4.78 is 13.1. The van der Waals surface area contributed by atoms with Gasteiger partial charge in [0.05, 0.1) is 22.7 Å². The Balaban J connectivity index is 2.04. The Bertz CT molecular complexity index is 561. The van der Waals surface area contributed by atoms with E-state index >= 15 is 0 Å². The van der Waals surface area contributed by atoms with Crippen LogP contribution in [0, 0.1) is 13.8 Å². The number of nitrogens with zero attached hydrogens (tertiary/aromatic N) is 2. The van der Waals surface area contributed by atoms with E-state index in [9.17, 15) is 4.79 Å². The van der Waals surface area contributed by atoms with Crippen LogP contribution in [0.1, 0.15) is 45.5 Å². The van der Waals surface area contributed by atoms with Crippen LogP contribution in [-0.4, -0.2) is 33.1 Å². The lowest BCUT2D eigenvalue weighted by Gasteiger charge is -2.26. The summed E-state index contributed by atoms with van der Waals surface area (Å²) in [6, 6.07) is 0. The SMILES string of the molecule is Cc1nn(CC(=O)OC2CC(C)(C)OC2(C)C)c(C)c1N. The first-order chi connectivity index (χ1) is 9.52. The smallest absolute Gasteiger partial charge is 0.328 e. The molecule has 118 valence electrons. The van der Waals surface area contributed by atoms with Gasteiger partial charge in [0, 0.05) is 6.42 Å². The number of anilines is 1. The molecule has 6 nitrogen and oxygen atoms in total. The van der Waals surface area contributed by atoms with Crippen molar-refractivity contribution in [2.75, 3.05) is 5.73 Å². The van der Waals surface area contributed by atoms with E-state index in [0.717, 1.165) is 11.4 Å². The molecule has 1 atom stereocenters. The minimum Gasteiger partial charge on any atom is -0.458 e. The monoisotopic (exact) mass is 295 g/mol. The van der Waals surface area contributed by atoms with Crippen LogP contribution >= 0.6 is 0 Å². The Labute approximate surface area is 125 Å². The van der Waals surface area contributed by atoms with E-state index in [1.807, 2.05) is 41.5 Å². The molecule has 6 heteroatoms. The number of hydrogen-bond acceptors (Lipinski definition) is 5. The fourth-order valence-corrected chi connectivity index (χ4v) is 2.88. The first-order valence-electron chi connectivity index (χ1n) is 7.21. The van der Waals surface area contributed by atoms with Crippen molar-refractivity contribution >= 4 is 11.7 Å². The number of aromatic nitrogens is 2. The molecule has 0 saturated carbocycles. The molecule has 2 N–H and O–H groups in total. The summed E-state index contributed by atoms with van der Waals surface area (Å²) in [6.45, 7) is 11.6. The molecule has 1 aromatic heterocycles.